The standard InChI is InChI=1S/C13H14O5/c1-7(14)3-10-5-8-4-9(17-2)6-11(15)12(8)13(16)18-10/h4-7,14-15H,3H2,1-2H3. The Kier molecular flexibility index (Phi) is 3.25. The molecule has 2 aromatic rings. The van der Waals surface area contributed by atoms with Crippen LogP contribution in [-0.4, -0.2) is 23.4 Å². The first-order valence-electron chi connectivity index (χ1n) is 5.53. The molecule has 0 fully saturated rings. The monoisotopic (exact) mass is 250 g/mol. The van der Waals surface area contributed by atoms with Crippen molar-refractivity contribution in [1.29, 1.82) is 0 Å². The maximum atomic E-state index is 11.8. The van der Waals surface area contributed by atoms with Gasteiger partial charge in [0.1, 0.15) is 22.6 Å². The molecular formula is C13H14O5. The van der Waals surface area contributed by atoms with Crippen molar-refractivity contribution in [3.8, 4) is 11.5 Å². The van der Waals surface area contributed by atoms with Crippen LogP contribution in [-0.2, 0) is 6.42 Å². The second-order valence-corrected chi connectivity index (χ2v) is 4.16. The second-order valence-electron chi connectivity index (χ2n) is 4.16. The van der Waals surface area contributed by atoms with Crippen molar-refractivity contribution in [3.63, 3.8) is 0 Å². The SMILES string of the molecule is COc1cc(O)c2c(=O)oc(CC(C)O)cc2c1. The summed E-state index contributed by atoms with van der Waals surface area (Å²) >= 11 is 0. The Morgan fingerprint density at radius 1 is 1.39 bits per heavy atom. The van der Waals surface area contributed by atoms with Crippen molar-refractivity contribution in [2.24, 2.45) is 0 Å². The van der Waals surface area contributed by atoms with E-state index in [-0.39, 0.29) is 17.6 Å². The van der Waals surface area contributed by atoms with Crippen LogP contribution in [0.2, 0.25) is 0 Å². The Morgan fingerprint density at radius 3 is 2.72 bits per heavy atom. The van der Waals surface area contributed by atoms with Gasteiger partial charge in [-0.25, -0.2) is 4.79 Å². The van der Waals surface area contributed by atoms with E-state index >= 15 is 0 Å². The predicted molar refractivity (Wildman–Crippen MR) is 66.1 cm³/mol. The van der Waals surface area contributed by atoms with Gasteiger partial charge >= 0.3 is 5.63 Å². The third-order valence-corrected chi connectivity index (χ3v) is 2.60. The molecule has 5 nitrogen and oxygen atoms in total. The van der Waals surface area contributed by atoms with Gasteiger partial charge < -0.3 is 19.4 Å². The van der Waals surface area contributed by atoms with Gasteiger partial charge in [-0.15, -0.1) is 0 Å². The van der Waals surface area contributed by atoms with Gasteiger partial charge in [-0.05, 0) is 24.4 Å². The number of rotatable bonds is 3. The highest BCUT2D eigenvalue weighted by Gasteiger charge is 2.12. The van der Waals surface area contributed by atoms with E-state index in [0.29, 0.717) is 16.9 Å². The first-order valence-corrected chi connectivity index (χ1v) is 5.53. The van der Waals surface area contributed by atoms with Crippen LogP contribution >= 0.6 is 0 Å². The maximum Gasteiger partial charge on any atom is 0.347 e. The lowest BCUT2D eigenvalue weighted by molar-refractivity contribution is 0.186. The molecule has 2 rings (SSSR count). The summed E-state index contributed by atoms with van der Waals surface area (Å²) in [6.07, 6.45) is -0.367. The quantitative estimate of drug-likeness (QED) is 0.861. The van der Waals surface area contributed by atoms with Crippen LogP contribution in [0.3, 0.4) is 0 Å². The predicted octanol–water partition coefficient (Wildman–Crippen LogP) is 1.43. The van der Waals surface area contributed by atoms with E-state index in [4.69, 9.17) is 9.15 Å². The Hall–Kier alpha value is -2.01. The molecule has 96 valence electrons. The number of aliphatic hydroxyl groups excluding tert-OH is 1. The van der Waals surface area contributed by atoms with E-state index in [0.717, 1.165) is 0 Å². The summed E-state index contributed by atoms with van der Waals surface area (Å²) in [4.78, 5) is 11.8. The van der Waals surface area contributed by atoms with Crippen molar-refractivity contribution in [1.82, 2.24) is 0 Å². The fourth-order valence-corrected chi connectivity index (χ4v) is 1.84. The molecule has 1 atom stereocenters. The summed E-state index contributed by atoms with van der Waals surface area (Å²) in [7, 11) is 1.47. The molecule has 0 bridgehead atoms. The number of methoxy groups -OCH3 is 1. The first-order chi connectivity index (χ1) is 8.51. The van der Waals surface area contributed by atoms with Crippen LogP contribution in [0, 0.1) is 0 Å². The molecule has 1 heterocycles. The van der Waals surface area contributed by atoms with Gasteiger partial charge in [-0.2, -0.15) is 0 Å². The minimum atomic E-state index is -0.622. The molecular weight excluding hydrogens is 236 g/mol. The summed E-state index contributed by atoms with van der Waals surface area (Å²) in [6, 6.07) is 4.61. The third-order valence-electron chi connectivity index (χ3n) is 2.60. The number of aromatic hydroxyl groups is 1. The Bertz CT molecular complexity index is 627. The number of phenols is 1. The minimum Gasteiger partial charge on any atom is -0.507 e. The normalized spacial score (nSPS) is 12.6. The molecule has 5 heteroatoms. The molecule has 0 aliphatic carbocycles. The van der Waals surface area contributed by atoms with Gasteiger partial charge in [0, 0.05) is 12.5 Å². The molecule has 0 saturated heterocycles. The second kappa shape index (κ2) is 4.70. The largest absolute Gasteiger partial charge is 0.507 e. The lowest BCUT2D eigenvalue weighted by atomic mass is 10.1. The van der Waals surface area contributed by atoms with Gasteiger partial charge in [0.05, 0.1) is 13.2 Å². The molecule has 0 spiro atoms. The number of hydrogen-bond acceptors (Lipinski definition) is 5. The van der Waals surface area contributed by atoms with Crippen molar-refractivity contribution in [3.05, 3.63) is 34.4 Å². The number of aliphatic hydroxyl groups is 1. The van der Waals surface area contributed by atoms with Crippen molar-refractivity contribution >= 4 is 10.8 Å². The zero-order valence-electron chi connectivity index (χ0n) is 10.1. The Balaban J connectivity index is 2.67. The van der Waals surface area contributed by atoms with Gasteiger partial charge in [-0.1, -0.05) is 0 Å². The molecule has 2 N–H and O–H groups in total. The summed E-state index contributed by atoms with van der Waals surface area (Å²) in [5.74, 6) is 0.644. The van der Waals surface area contributed by atoms with Crippen molar-refractivity contribution in [2.75, 3.05) is 7.11 Å². The molecule has 1 aromatic carbocycles. The highest BCUT2D eigenvalue weighted by Crippen LogP contribution is 2.28. The number of benzene rings is 1. The molecule has 0 amide bonds. The summed E-state index contributed by atoms with van der Waals surface area (Å²) in [5.41, 5.74) is -0.622. The van der Waals surface area contributed by atoms with E-state index in [1.807, 2.05) is 0 Å². The highest BCUT2D eigenvalue weighted by molar-refractivity contribution is 5.88. The number of phenolic OH excluding ortho intramolecular Hbond substituents is 1. The van der Waals surface area contributed by atoms with E-state index in [1.54, 1.807) is 19.1 Å². The molecule has 1 aromatic heterocycles. The zero-order valence-corrected chi connectivity index (χ0v) is 10.1. The highest BCUT2D eigenvalue weighted by atomic mass is 16.5. The van der Waals surface area contributed by atoms with Gasteiger partial charge in [0.15, 0.2) is 0 Å². The van der Waals surface area contributed by atoms with Crippen LogP contribution in [0.1, 0.15) is 12.7 Å². The summed E-state index contributed by atoms with van der Waals surface area (Å²) in [5, 5.41) is 19.7. The minimum absolute atomic E-state index is 0.116. The van der Waals surface area contributed by atoms with Crippen LogP contribution in [0.4, 0.5) is 0 Å². The lowest BCUT2D eigenvalue weighted by Gasteiger charge is -2.07. The molecule has 18 heavy (non-hydrogen) atoms. The molecule has 0 aliphatic rings. The van der Waals surface area contributed by atoms with Crippen molar-refractivity contribution in [2.45, 2.75) is 19.4 Å². The first kappa shape index (κ1) is 12.4. The van der Waals surface area contributed by atoms with Crippen molar-refractivity contribution < 1.29 is 19.4 Å². The average molecular weight is 250 g/mol. The number of fused-ring (bicyclic) bond motifs is 1. The van der Waals surface area contributed by atoms with Gasteiger partial charge in [0.2, 0.25) is 0 Å². The molecule has 0 aliphatic heterocycles. The molecule has 1 unspecified atom stereocenters. The Labute approximate surface area is 103 Å². The lowest BCUT2D eigenvalue weighted by Crippen LogP contribution is -2.08. The van der Waals surface area contributed by atoms with E-state index in [1.165, 1.54) is 13.2 Å². The third kappa shape index (κ3) is 2.31. The van der Waals surface area contributed by atoms with E-state index in [9.17, 15) is 15.0 Å². The van der Waals surface area contributed by atoms with Gasteiger partial charge in [0.25, 0.3) is 0 Å². The maximum absolute atomic E-state index is 11.8. The molecule has 0 radical (unpaired) electrons. The van der Waals surface area contributed by atoms with E-state index in [2.05, 4.69) is 0 Å². The fourth-order valence-electron chi connectivity index (χ4n) is 1.84. The molecule has 0 saturated carbocycles. The Morgan fingerprint density at radius 2 is 2.11 bits per heavy atom. The number of ether oxygens (including phenoxy) is 1. The topological polar surface area (TPSA) is 79.9 Å². The van der Waals surface area contributed by atoms with Crippen LogP contribution in [0.15, 0.2) is 27.4 Å². The fraction of sp³-hybridized carbons (Fsp3) is 0.308. The van der Waals surface area contributed by atoms with Crippen LogP contribution in [0.5, 0.6) is 11.5 Å². The number of hydrogen-bond donors (Lipinski definition) is 2. The average Bonchev–Trinajstić information content (AvgIpc) is 2.26. The van der Waals surface area contributed by atoms with Crippen LogP contribution in [0.25, 0.3) is 10.8 Å². The smallest absolute Gasteiger partial charge is 0.347 e. The summed E-state index contributed by atoms with van der Waals surface area (Å²) in [6.45, 7) is 1.60. The van der Waals surface area contributed by atoms with Crippen LogP contribution < -0.4 is 10.4 Å². The summed E-state index contributed by atoms with van der Waals surface area (Å²) < 4.78 is 10.1. The zero-order chi connectivity index (χ0) is 13.3. The van der Waals surface area contributed by atoms with Gasteiger partial charge in [-0.3, -0.25) is 0 Å². The van der Waals surface area contributed by atoms with E-state index < -0.39 is 11.7 Å².